The van der Waals surface area contributed by atoms with Crippen molar-refractivity contribution in [2.45, 2.75) is 46.3 Å². The normalized spacial score (nSPS) is 15.3. The summed E-state index contributed by atoms with van der Waals surface area (Å²) >= 11 is 0. The van der Waals surface area contributed by atoms with Crippen molar-refractivity contribution < 1.29 is 22.7 Å². The number of aromatic nitrogens is 2. The lowest BCUT2D eigenvalue weighted by molar-refractivity contribution is -0.144. The number of nitrogens with zero attached hydrogens (tertiary/aromatic N) is 2. The van der Waals surface area contributed by atoms with Gasteiger partial charge in [0.15, 0.2) is 0 Å². The molecule has 0 aliphatic carbocycles. The van der Waals surface area contributed by atoms with Gasteiger partial charge in [0.1, 0.15) is 0 Å². The highest BCUT2D eigenvalue weighted by Gasteiger charge is 2.34. The zero-order chi connectivity index (χ0) is 19.5. The number of carbonyl (C=O) groups is 2. The Kier molecular flexibility index (Phi) is 6.75. The van der Waals surface area contributed by atoms with Crippen LogP contribution >= 0.6 is 0 Å². The molecule has 1 rings (SSSR count). The smallest absolute Gasteiger partial charge is 0.309 e. The second-order valence-electron chi connectivity index (χ2n) is 6.41. The van der Waals surface area contributed by atoms with Crippen molar-refractivity contribution >= 4 is 21.9 Å². The molecule has 8 nitrogen and oxygen atoms in total. The summed E-state index contributed by atoms with van der Waals surface area (Å²) in [7, 11) is -0.979. The third kappa shape index (κ3) is 4.81. The zero-order valence-electron chi connectivity index (χ0n) is 15.8. The maximum atomic E-state index is 12.3. The summed E-state index contributed by atoms with van der Waals surface area (Å²) in [6, 6.07) is 0. The molecule has 0 spiro atoms. The van der Waals surface area contributed by atoms with Crippen LogP contribution in [0.25, 0.3) is 0 Å². The van der Waals surface area contributed by atoms with Gasteiger partial charge in [-0.15, -0.1) is 0 Å². The molecule has 9 heteroatoms. The molecule has 0 fully saturated rings. The largest absolute Gasteiger partial charge is 0.469 e. The van der Waals surface area contributed by atoms with Gasteiger partial charge in [0.25, 0.3) is 0 Å². The van der Waals surface area contributed by atoms with Crippen LogP contribution in [-0.4, -0.2) is 42.4 Å². The van der Waals surface area contributed by atoms with Crippen molar-refractivity contribution in [2.24, 2.45) is 18.9 Å². The Morgan fingerprint density at radius 3 is 2.24 bits per heavy atom. The van der Waals surface area contributed by atoms with Gasteiger partial charge in [-0.2, -0.15) is 5.10 Å². The average Bonchev–Trinajstić information content (AvgIpc) is 2.78. The van der Waals surface area contributed by atoms with Crippen molar-refractivity contribution in [3.8, 4) is 0 Å². The van der Waals surface area contributed by atoms with Crippen molar-refractivity contribution in [1.29, 1.82) is 0 Å². The molecule has 3 atom stereocenters. The molecule has 0 radical (unpaired) electrons. The van der Waals surface area contributed by atoms with Gasteiger partial charge in [-0.1, -0.05) is 13.8 Å². The van der Waals surface area contributed by atoms with Crippen LogP contribution in [-0.2, 0) is 37.8 Å². The first-order valence-corrected chi connectivity index (χ1v) is 9.59. The summed E-state index contributed by atoms with van der Waals surface area (Å²) in [5.41, 5.74) is 2.68. The first kappa shape index (κ1) is 21.1. The van der Waals surface area contributed by atoms with E-state index in [9.17, 15) is 18.0 Å². The molecule has 1 aromatic heterocycles. The number of sulfonamides is 1. The molecule has 1 N–H and O–H groups in total. The van der Waals surface area contributed by atoms with E-state index in [-0.39, 0.29) is 0 Å². The maximum Gasteiger partial charge on any atom is 0.309 e. The van der Waals surface area contributed by atoms with Gasteiger partial charge < -0.3 is 4.74 Å². The SMILES string of the molecule is COC(=O)[C@H](C)[C@@H](C)S(=O)(=O)NC(=O)[C@@H](C)Cc1c(C)nn(C)c1C. The molecule has 1 amide bonds. The van der Waals surface area contributed by atoms with E-state index >= 15 is 0 Å². The van der Waals surface area contributed by atoms with Crippen LogP contribution in [0.3, 0.4) is 0 Å². The zero-order valence-corrected chi connectivity index (χ0v) is 16.6. The number of aryl methyl sites for hydroxylation is 2. The van der Waals surface area contributed by atoms with E-state index in [1.54, 1.807) is 11.6 Å². The van der Waals surface area contributed by atoms with Crippen LogP contribution < -0.4 is 4.72 Å². The molecule has 25 heavy (non-hydrogen) atoms. The van der Waals surface area contributed by atoms with Crippen LogP contribution in [0.4, 0.5) is 0 Å². The van der Waals surface area contributed by atoms with E-state index in [1.807, 2.05) is 20.9 Å². The first-order chi connectivity index (χ1) is 11.4. The van der Waals surface area contributed by atoms with E-state index in [1.165, 1.54) is 21.0 Å². The number of rotatable bonds is 7. The minimum Gasteiger partial charge on any atom is -0.469 e. The monoisotopic (exact) mass is 373 g/mol. The fourth-order valence-electron chi connectivity index (χ4n) is 2.49. The third-order valence-electron chi connectivity index (χ3n) is 4.63. The molecule has 1 aromatic rings. The molecule has 0 saturated carbocycles. The predicted octanol–water partition coefficient (Wildman–Crippen LogP) is 0.859. The van der Waals surface area contributed by atoms with Gasteiger partial charge in [-0.05, 0) is 32.8 Å². The highest BCUT2D eigenvalue weighted by Crippen LogP contribution is 2.18. The number of esters is 1. The fourth-order valence-corrected chi connectivity index (χ4v) is 3.81. The molecule has 0 bridgehead atoms. The molecule has 0 aliphatic rings. The Bertz CT molecular complexity index is 754. The van der Waals surface area contributed by atoms with E-state index in [2.05, 4.69) is 14.6 Å². The number of carbonyl (C=O) groups excluding carboxylic acids is 2. The highest BCUT2D eigenvalue weighted by atomic mass is 32.2. The lowest BCUT2D eigenvalue weighted by atomic mass is 9.99. The predicted molar refractivity (Wildman–Crippen MR) is 93.3 cm³/mol. The number of hydrogen-bond donors (Lipinski definition) is 1. The number of methoxy groups -OCH3 is 1. The van der Waals surface area contributed by atoms with Crippen LogP contribution in [0.2, 0.25) is 0 Å². The molecule has 1 heterocycles. The van der Waals surface area contributed by atoms with Gasteiger partial charge in [0.2, 0.25) is 15.9 Å². The summed E-state index contributed by atoms with van der Waals surface area (Å²) in [5, 5.41) is 3.21. The van der Waals surface area contributed by atoms with Crippen molar-refractivity contribution in [2.75, 3.05) is 7.11 Å². The molecule has 0 unspecified atom stereocenters. The number of nitrogens with one attached hydrogen (secondary N) is 1. The van der Waals surface area contributed by atoms with E-state index in [0.717, 1.165) is 17.0 Å². The Hall–Kier alpha value is -1.90. The van der Waals surface area contributed by atoms with Crippen LogP contribution in [0.5, 0.6) is 0 Å². The van der Waals surface area contributed by atoms with Gasteiger partial charge >= 0.3 is 5.97 Å². The van der Waals surface area contributed by atoms with Crippen LogP contribution in [0, 0.1) is 25.7 Å². The summed E-state index contributed by atoms with van der Waals surface area (Å²) in [5.74, 6) is -2.68. The van der Waals surface area contributed by atoms with E-state index in [4.69, 9.17) is 0 Å². The Morgan fingerprint density at radius 1 is 1.24 bits per heavy atom. The minimum absolute atomic E-state index is 0.383. The summed E-state index contributed by atoms with van der Waals surface area (Å²) in [6.07, 6.45) is 0.383. The summed E-state index contributed by atoms with van der Waals surface area (Å²) in [6.45, 7) is 8.23. The van der Waals surface area contributed by atoms with Gasteiger partial charge in [-0.25, -0.2) is 8.42 Å². The molecular formula is C16H27N3O5S. The minimum atomic E-state index is -3.99. The summed E-state index contributed by atoms with van der Waals surface area (Å²) < 4.78 is 33.1. The summed E-state index contributed by atoms with van der Waals surface area (Å²) in [4.78, 5) is 23.9. The second kappa shape index (κ2) is 7.99. The second-order valence-corrected chi connectivity index (χ2v) is 8.44. The third-order valence-corrected chi connectivity index (χ3v) is 6.50. The number of ether oxygens (including phenoxy) is 1. The topological polar surface area (TPSA) is 107 Å². The van der Waals surface area contributed by atoms with Crippen LogP contribution in [0.15, 0.2) is 0 Å². The van der Waals surface area contributed by atoms with E-state index in [0.29, 0.717) is 6.42 Å². The molecule has 0 saturated heterocycles. The fraction of sp³-hybridized carbons (Fsp3) is 0.688. The van der Waals surface area contributed by atoms with Gasteiger partial charge in [0.05, 0.1) is 24.0 Å². The first-order valence-electron chi connectivity index (χ1n) is 8.04. The van der Waals surface area contributed by atoms with Gasteiger partial charge in [-0.3, -0.25) is 19.0 Å². The number of amides is 1. The Balaban J connectivity index is 2.84. The van der Waals surface area contributed by atoms with Crippen molar-refractivity contribution in [1.82, 2.24) is 14.5 Å². The van der Waals surface area contributed by atoms with Crippen molar-refractivity contribution in [3.05, 3.63) is 17.0 Å². The standard InChI is InChI=1S/C16H27N3O5S/c1-9(8-14-11(3)17-19(6)12(14)4)15(20)18-25(22,23)13(5)10(2)16(21)24-7/h9-10,13H,8H2,1-7H3,(H,18,20)/t9-,10+,13+/m0/s1. The lowest BCUT2D eigenvalue weighted by Gasteiger charge is -2.20. The Morgan fingerprint density at radius 2 is 1.80 bits per heavy atom. The highest BCUT2D eigenvalue weighted by molar-refractivity contribution is 7.90. The molecule has 142 valence electrons. The van der Waals surface area contributed by atoms with E-state index < -0.39 is 39.0 Å². The molecule has 0 aromatic carbocycles. The maximum absolute atomic E-state index is 12.3. The molecule has 0 aliphatic heterocycles. The lowest BCUT2D eigenvalue weighted by Crippen LogP contribution is -2.44. The van der Waals surface area contributed by atoms with Crippen LogP contribution in [0.1, 0.15) is 37.7 Å². The number of hydrogen-bond acceptors (Lipinski definition) is 6. The molecular weight excluding hydrogens is 346 g/mol. The quantitative estimate of drug-likeness (QED) is 0.710. The van der Waals surface area contributed by atoms with Gasteiger partial charge in [0, 0.05) is 18.7 Å². The van der Waals surface area contributed by atoms with Crippen molar-refractivity contribution in [3.63, 3.8) is 0 Å². The Labute approximate surface area is 149 Å². The average molecular weight is 373 g/mol.